The molecule has 3 N–H and O–H groups in total. The summed E-state index contributed by atoms with van der Waals surface area (Å²) in [6, 6.07) is 6.42. The molecule has 0 fully saturated rings. The fraction of sp³-hybridized carbons (Fsp3) is 0.333. The SMILES string of the molecule is CCOc1ccc(NC(=O)NC2C=CC(C(=O)O)C2)cc1. The second-order valence-electron chi connectivity index (χ2n) is 4.73. The van der Waals surface area contributed by atoms with E-state index >= 15 is 0 Å². The van der Waals surface area contributed by atoms with Gasteiger partial charge in [-0.2, -0.15) is 0 Å². The number of benzene rings is 1. The molecule has 0 aliphatic heterocycles. The maximum Gasteiger partial charge on any atom is 0.319 e. The summed E-state index contributed by atoms with van der Waals surface area (Å²) >= 11 is 0. The standard InChI is InChI=1S/C15H18N2O4/c1-2-21-13-7-5-11(6-8-13)16-15(20)17-12-4-3-10(9-12)14(18)19/h3-8,10,12H,2,9H2,1H3,(H,18,19)(H2,16,17,20). The fourth-order valence-corrected chi connectivity index (χ4v) is 2.13. The average Bonchev–Trinajstić information content (AvgIpc) is 2.90. The van der Waals surface area contributed by atoms with Crippen molar-refractivity contribution in [3.63, 3.8) is 0 Å². The van der Waals surface area contributed by atoms with Gasteiger partial charge in [-0.3, -0.25) is 4.79 Å². The van der Waals surface area contributed by atoms with Crippen LogP contribution in [0.3, 0.4) is 0 Å². The lowest BCUT2D eigenvalue weighted by Crippen LogP contribution is -2.36. The summed E-state index contributed by atoms with van der Waals surface area (Å²) in [5, 5.41) is 14.3. The van der Waals surface area contributed by atoms with Crippen molar-refractivity contribution in [2.24, 2.45) is 5.92 Å². The lowest BCUT2D eigenvalue weighted by Gasteiger charge is -2.13. The van der Waals surface area contributed by atoms with Gasteiger partial charge in [0.25, 0.3) is 0 Å². The van der Waals surface area contributed by atoms with Crippen LogP contribution in [0, 0.1) is 5.92 Å². The van der Waals surface area contributed by atoms with E-state index < -0.39 is 11.9 Å². The van der Waals surface area contributed by atoms with Crippen molar-refractivity contribution in [2.45, 2.75) is 19.4 Å². The molecule has 2 unspecified atom stereocenters. The van der Waals surface area contributed by atoms with Crippen LogP contribution in [-0.4, -0.2) is 29.8 Å². The van der Waals surface area contributed by atoms with Crippen LogP contribution in [0.25, 0.3) is 0 Å². The number of hydrogen-bond acceptors (Lipinski definition) is 3. The van der Waals surface area contributed by atoms with E-state index in [1.165, 1.54) is 0 Å². The third-order valence-corrected chi connectivity index (χ3v) is 3.14. The lowest BCUT2D eigenvalue weighted by atomic mass is 10.1. The van der Waals surface area contributed by atoms with Gasteiger partial charge in [0.2, 0.25) is 0 Å². The van der Waals surface area contributed by atoms with E-state index in [1.807, 2.05) is 6.92 Å². The Morgan fingerprint density at radius 2 is 2.00 bits per heavy atom. The number of carboxylic acids is 1. The molecule has 1 aliphatic rings. The van der Waals surface area contributed by atoms with Crippen molar-refractivity contribution in [2.75, 3.05) is 11.9 Å². The number of amides is 2. The summed E-state index contributed by atoms with van der Waals surface area (Å²) in [4.78, 5) is 22.6. The molecule has 112 valence electrons. The largest absolute Gasteiger partial charge is 0.494 e. The number of anilines is 1. The van der Waals surface area contributed by atoms with Gasteiger partial charge >= 0.3 is 12.0 Å². The zero-order valence-electron chi connectivity index (χ0n) is 11.7. The van der Waals surface area contributed by atoms with Gasteiger partial charge < -0.3 is 20.5 Å². The Kier molecular flexibility index (Phi) is 4.81. The third kappa shape index (κ3) is 4.24. The summed E-state index contributed by atoms with van der Waals surface area (Å²) in [6.45, 7) is 2.49. The summed E-state index contributed by atoms with van der Waals surface area (Å²) in [5.41, 5.74) is 0.646. The lowest BCUT2D eigenvalue weighted by molar-refractivity contribution is -0.140. The molecule has 0 aromatic heterocycles. The van der Waals surface area contributed by atoms with Crippen LogP contribution >= 0.6 is 0 Å². The molecule has 0 saturated heterocycles. The van der Waals surface area contributed by atoms with E-state index in [0.29, 0.717) is 18.7 Å². The van der Waals surface area contributed by atoms with Crippen LogP contribution in [0.4, 0.5) is 10.5 Å². The minimum atomic E-state index is -0.873. The highest BCUT2D eigenvalue weighted by Gasteiger charge is 2.25. The van der Waals surface area contributed by atoms with Crippen molar-refractivity contribution in [1.82, 2.24) is 5.32 Å². The summed E-state index contributed by atoms with van der Waals surface area (Å²) < 4.78 is 5.31. The number of ether oxygens (including phenoxy) is 1. The van der Waals surface area contributed by atoms with Gasteiger partial charge in [0, 0.05) is 5.69 Å². The molecular formula is C15H18N2O4. The Bertz CT molecular complexity index is 539. The first-order valence-electron chi connectivity index (χ1n) is 6.80. The maximum atomic E-state index is 11.8. The van der Waals surface area contributed by atoms with Gasteiger partial charge in [-0.1, -0.05) is 12.2 Å². The van der Waals surface area contributed by atoms with Gasteiger partial charge in [-0.05, 0) is 37.6 Å². The first-order chi connectivity index (χ1) is 10.1. The van der Waals surface area contributed by atoms with Crippen molar-refractivity contribution < 1.29 is 19.4 Å². The Morgan fingerprint density at radius 1 is 1.29 bits per heavy atom. The normalized spacial score (nSPS) is 20.0. The molecular weight excluding hydrogens is 272 g/mol. The Labute approximate surface area is 122 Å². The van der Waals surface area contributed by atoms with Crippen molar-refractivity contribution in [3.8, 4) is 5.75 Å². The number of carbonyl (C=O) groups is 2. The van der Waals surface area contributed by atoms with Crippen LogP contribution in [0.1, 0.15) is 13.3 Å². The molecule has 0 heterocycles. The van der Waals surface area contributed by atoms with E-state index in [0.717, 1.165) is 5.75 Å². The molecule has 2 amide bonds. The molecule has 0 radical (unpaired) electrons. The number of urea groups is 1. The van der Waals surface area contributed by atoms with Gasteiger partial charge in [0.1, 0.15) is 5.75 Å². The predicted octanol–water partition coefficient (Wildman–Crippen LogP) is 2.24. The molecule has 2 atom stereocenters. The molecule has 21 heavy (non-hydrogen) atoms. The molecule has 2 rings (SSSR count). The topological polar surface area (TPSA) is 87.7 Å². The molecule has 1 aromatic carbocycles. The Hall–Kier alpha value is -2.50. The van der Waals surface area contributed by atoms with Crippen LogP contribution in [0.2, 0.25) is 0 Å². The monoisotopic (exact) mass is 290 g/mol. The van der Waals surface area contributed by atoms with Crippen LogP contribution in [0.15, 0.2) is 36.4 Å². The van der Waals surface area contributed by atoms with Crippen molar-refractivity contribution >= 4 is 17.7 Å². The minimum absolute atomic E-state index is 0.256. The first kappa shape index (κ1) is 14.9. The second-order valence-corrected chi connectivity index (χ2v) is 4.73. The van der Waals surface area contributed by atoms with Gasteiger partial charge in [-0.15, -0.1) is 0 Å². The minimum Gasteiger partial charge on any atom is -0.494 e. The maximum absolute atomic E-state index is 11.8. The quantitative estimate of drug-likeness (QED) is 0.726. The van der Waals surface area contributed by atoms with E-state index in [2.05, 4.69) is 10.6 Å². The molecule has 0 bridgehead atoms. The van der Waals surface area contributed by atoms with Gasteiger partial charge in [0.15, 0.2) is 0 Å². The Morgan fingerprint density at radius 3 is 2.57 bits per heavy atom. The highest BCUT2D eigenvalue weighted by molar-refractivity contribution is 5.89. The third-order valence-electron chi connectivity index (χ3n) is 3.14. The number of nitrogens with one attached hydrogen (secondary N) is 2. The number of carbonyl (C=O) groups excluding carboxylic acids is 1. The number of rotatable bonds is 5. The highest BCUT2D eigenvalue weighted by atomic mass is 16.5. The average molecular weight is 290 g/mol. The highest BCUT2D eigenvalue weighted by Crippen LogP contribution is 2.19. The van der Waals surface area contributed by atoms with E-state index in [4.69, 9.17) is 9.84 Å². The summed E-state index contributed by atoms with van der Waals surface area (Å²) in [6.07, 6.45) is 3.69. The smallest absolute Gasteiger partial charge is 0.319 e. The molecule has 0 spiro atoms. The molecule has 1 aromatic rings. The van der Waals surface area contributed by atoms with Crippen LogP contribution in [0.5, 0.6) is 5.75 Å². The predicted molar refractivity (Wildman–Crippen MR) is 78.4 cm³/mol. The second kappa shape index (κ2) is 6.78. The first-order valence-corrected chi connectivity index (χ1v) is 6.80. The fourth-order valence-electron chi connectivity index (χ4n) is 2.13. The van der Waals surface area contributed by atoms with Gasteiger partial charge in [-0.25, -0.2) is 4.79 Å². The zero-order chi connectivity index (χ0) is 15.2. The zero-order valence-corrected chi connectivity index (χ0v) is 11.7. The van der Waals surface area contributed by atoms with Gasteiger partial charge in [0.05, 0.1) is 18.6 Å². The summed E-state index contributed by atoms with van der Waals surface area (Å²) in [7, 11) is 0. The molecule has 6 heteroatoms. The van der Waals surface area contributed by atoms with E-state index in [9.17, 15) is 9.59 Å². The summed E-state index contributed by atoms with van der Waals surface area (Å²) in [5.74, 6) is -0.658. The number of hydrogen-bond donors (Lipinski definition) is 3. The van der Waals surface area contributed by atoms with Crippen LogP contribution in [-0.2, 0) is 4.79 Å². The molecule has 0 saturated carbocycles. The van der Waals surface area contributed by atoms with Crippen LogP contribution < -0.4 is 15.4 Å². The van der Waals surface area contributed by atoms with E-state index in [1.54, 1.807) is 36.4 Å². The molecule has 1 aliphatic carbocycles. The number of aliphatic carboxylic acids is 1. The Balaban J connectivity index is 1.82. The molecule has 6 nitrogen and oxygen atoms in total. The van der Waals surface area contributed by atoms with Crippen molar-refractivity contribution in [3.05, 3.63) is 36.4 Å². The van der Waals surface area contributed by atoms with E-state index in [-0.39, 0.29) is 12.1 Å². The number of carboxylic acid groups (broad SMARTS) is 1. The van der Waals surface area contributed by atoms with Crippen molar-refractivity contribution in [1.29, 1.82) is 0 Å².